The fraction of sp³-hybridized carbons (Fsp3) is 0.692. The monoisotopic (exact) mass is 314 g/mol. The highest BCUT2D eigenvalue weighted by Gasteiger charge is 2.28. The van der Waals surface area contributed by atoms with E-state index in [1.807, 2.05) is 0 Å². The number of hydrogen-bond acceptors (Lipinski definition) is 6. The Hall–Kier alpha value is -1.25. The Morgan fingerprint density at radius 2 is 2.00 bits per heavy atom. The molecule has 0 aliphatic carbocycles. The minimum absolute atomic E-state index is 0.238. The first-order valence-electron chi connectivity index (χ1n) is 7.01. The van der Waals surface area contributed by atoms with E-state index in [1.165, 1.54) is 10.6 Å². The summed E-state index contributed by atoms with van der Waals surface area (Å²) >= 11 is 0. The second-order valence-electron chi connectivity index (χ2n) is 5.15. The van der Waals surface area contributed by atoms with Crippen molar-refractivity contribution in [2.24, 2.45) is 0 Å². The molecule has 0 spiro atoms. The fourth-order valence-corrected chi connectivity index (χ4v) is 3.39. The van der Waals surface area contributed by atoms with E-state index in [-0.39, 0.29) is 5.92 Å². The highest BCUT2D eigenvalue weighted by Crippen LogP contribution is 2.30. The molecule has 0 unspecified atom stereocenters. The number of aromatic nitrogens is 2. The molecule has 0 bridgehead atoms. The third-order valence-corrected chi connectivity index (χ3v) is 4.94. The average molecular weight is 314 g/mol. The molecule has 1 aliphatic heterocycles. The average Bonchev–Trinajstić information content (AvgIpc) is 2.47. The minimum atomic E-state index is -3.09. The van der Waals surface area contributed by atoms with E-state index in [4.69, 9.17) is 4.74 Å². The van der Waals surface area contributed by atoms with E-state index in [1.54, 1.807) is 19.5 Å². The molecule has 2 heterocycles. The quantitative estimate of drug-likeness (QED) is 0.777. The molecule has 2 rings (SSSR count). The van der Waals surface area contributed by atoms with Gasteiger partial charge < -0.3 is 10.1 Å². The summed E-state index contributed by atoms with van der Waals surface area (Å²) < 4.78 is 29.6. The highest BCUT2D eigenvalue weighted by molar-refractivity contribution is 7.88. The molecule has 118 valence electrons. The maximum Gasteiger partial charge on any atom is 0.211 e. The second kappa shape index (κ2) is 7.15. The Morgan fingerprint density at radius 3 is 2.62 bits per heavy atom. The van der Waals surface area contributed by atoms with E-state index >= 15 is 0 Å². The topological polar surface area (TPSA) is 84.4 Å². The van der Waals surface area contributed by atoms with Crippen molar-refractivity contribution in [1.29, 1.82) is 0 Å². The Morgan fingerprint density at radius 1 is 1.33 bits per heavy atom. The van der Waals surface area contributed by atoms with Crippen molar-refractivity contribution in [3.8, 4) is 0 Å². The molecule has 1 N–H and O–H groups in total. The predicted octanol–water partition coefficient (Wildman–Crippen LogP) is 0.674. The zero-order chi connectivity index (χ0) is 15.3. The lowest BCUT2D eigenvalue weighted by atomic mass is 9.94. The van der Waals surface area contributed by atoms with Gasteiger partial charge in [-0.2, -0.15) is 0 Å². The van der Waals surface area contributed by atoms with Gasteiger partial charge in [0.2, 0.25) is 10.0 Å². The molecule has 1 aromatic heterocycles. The first-order valence-corrected chi connectivity index (χ1v) is 8.86. The molecule has 1 saturated heterocycles. The normalized spacial score (nSPS) is 17.8. The lowest BCUT2D eigenvalue weighted by molar-refractivity contribution is 0.210. The summed E-state index contributed by atoms with van der Waals surface area (Å²) in [6.45, 7) is 2.35. The number of rotatable bonds is 6. The number of nitrogens with zero attached hydrogens (tertiary/aromatic N) is 3. The van der Waals surface area contributed by atoms with Gasteiger partial charge in [-0.1, -0.05) is 0 Å². The molecule has 0 atom stereocenters. The van der Waals surface area contributed by atoms with Crippen molar-refractivity contribution in [2.45, 2.75) is 18.8 Å². The van der Waals surface area contributed by atoms with Crippen LogP contribution in [0.2, 0.25) is 0 Å². The molecule has 0 radical (unpaired) electrons. The molecule has 1 aromatic rings. The summed E-state index contributed by atoms with van der Waals surface area (Å²) in [6, 6.07) is 0. The second-order valence-corrected chi connectivity index (χ2v) is 7.13. The summed E-state index contributed by atoms with van der Waals surface area (Å²) in [5.74, 6) is 1.01. The molecule has 1 aliphatic rings. The smallest absolute Gasteiger partial charge is 0.211 e. The van der Waals surface area contributed by atoms with Crippen LogP contribution >= 0.6 is 0 Å². The van der Waals surface area contributed by atoms with Gasteiger partial charge in [0, 0.05) is 45.1 Å². The summed E-state index contributed by atoms with van der Waals surface area (Å²) in [5.41, 5.74) is 0.918. The highest BCUT2D eigenvalue weighted by atomic mass is 32.2. The number of sulfonamides is 1. The van der Waals surface area contributed by atoms with Crippen LogP contribution in [-0.4, -0.2) is 62.3 Å². The zero-order valence-electron chi connectivity index (χ0n) is 12.4. The van der Waals surface area contributed by atoms with Crippen LogP contribution in [0.25, 0.3) is 0 Å². The molecular formula is C13H22N4O3S. The van der Waals surface area contributed by atoms with Crippen LogP contribution < -0.4 is 5.32 Å². The largest absolute Gasteiger partial charge is 0.383 e. The SMILES string of the molecule is COCCNc1nccnc1C1CCN(S(C)(=O)=O)CC1. The first-order chi connectivity index (χ1) is 10.0. The van der Waals surface area contributed by atoms with Gasteiger partial charge in [-0.3, -0.25) is 4.98 Å². The van der Waals surface area contributed by atoms with Gasteiger partial charge in [-0.25, -0.2) is 17.7 Å². The number of anilines is 1. The van der Waals surface area contributed by atoms with Crippen molar-refractivity contribution in [2.75, 3.05) is 44.9 Å². The van der Waals surface area contributed by atoms with Crippen molar-refractivity contribution in [1.82, 2.24) is 14.3 Å². The molecule has 1 fully saturated rings. The van der Waals surface area contributed by atoms with Gasteiger partial charge in [0.25, 0.3) is 0 Å². The van der Waals surface area contributed by atoms with Gasteiger partial charge in [0.05, 0.1) is 18.6 Å². The molecule has 7 nitrogen and oxygen atoms in total. The van der Waals surface area contributed by atoms with Crippen molar-refractivity contribution in [3.63, 3.8) is 0 Å². The Kier molecular flexibility index (Phi) is 5.49. The third-order valence-electron chi connectivity index (χ3n) is 3.63. The maximum absolute atomic E-state index is 11.5. The van der Waals surface area contributed by atoms with Crippen LogP contribution in [0, 0.1) is 0 Å². The fourth-order valence-electron chi connectivity index (χ4n) is 2.52. The summed E-state index contributed by atoms with van der Waals surface area (Å²) in [5, 5.41) is 3.22. The van der Waals surface area contributed by atoms with Crippen LogP contribution in [0.15, 0.2) is 12.4 Å². The van der Waals surface area contributed by atoms with Gasteiger partial charge in [-0.15, -0.1) is 0 Å². The zero-order valence-corrected chi connectivity index (χ0v) is 13.3. The number of methoxy groups -OCH3 is 1. The van der Waals surface area contributed by atoms with E-state index < -0.39 is 10.0 Å². The maximum atomic E-state index is 11.5. The summed E-state index contributed by atoms with van der Waals surface area (Å²) in [7, 11) is -1.44. The first kappa shape index (κ1) is 16.1. The molecule has 0 amide bonds. The standard InChI is InChI=1S/C13H22N4O3S/c1-20-10-7-16-13-12(14-5-6-15-13)11-3-8-17(9-4-11)21(2,18)19/h5-6,11H,3-4,7-10H2,1-2H3,(H,15,16). The number of piperidine rings is 1. The lowest BCUT2D eigenvalue weighted by Gasteiger charge is -2.30. The van der Waals surface area contributed by atoms with Crippen LogP contribution in [0.3, 0.4) is 0 Å². The third kappa shape index (κ3) is 4.36. The lowest BCUT2D eigenvalue weighted by Crippen LogP contribution is -2.37. The molecule has 8 heteroatoms. The number of ether oxygens (including phenoxy) is 1. The van der Waals surface area contributed by atoms with Gasteiger partial charge in [0.15, 0.2) is 0 Å². The van der Waals surface area contributed by atoms with E-state index in [0.29, 0.717) is 26.2 Å². The van der Waals surface area contributed by atoms with Crippen LogP contribution in [-0.2, 0) is 14.8 Å². The molecular weight excluding hydrogens is 292 g/mol. The van der Waals surface area contributed by atoms with Crippen LogP contribution in [0.1, 0.15) is 24.5 Å². The van der Waals surface area contributed by atoms with Gasteiger partial charge >= 0.3 is 0 Å². The van der Waals surface area contributed by atoms with Crippen molar-refractivity contribution in [3.05, 3.63) is 18.1 Å². The predicted molar refractivity (Wildman–Crippen MR) is 80.8 cm³/mol. The molecule has 0 saturated carbocycles. The van der Waals surface area contributed by atoms with Crippen LogP contribution in [0.5, 0.6) is 0 Å². The Bertz CT molecular complexity index is 556. The van der Waals surface area contributed by atoms with Gasteiger partial charge in [-0.05, 0) is 12.8 Å². The number of nitrogens with one attached hydrogen (secondary N) is 1. The van der Waals surface area contributed by atoms with Crippen LogP contribution in [0.4, 0.5) is 5.82 Å². The van der Waals surface area contributed by atoms with Crippen molar-refractivity contribution >= 4 is 15.8 Å². The molecule has 0 aromatic carbocycles. The van der Waals surface area contributed by atoms with Gasteiger partial charge in [0.1, 0.15) is 5.82 Å². The van der Waals surface area contributed by atoms with E-state index in [9.17, 15) is 8.42 Å². The Labute approximate surface area is 125 Å². The molecule has 21 heavy (non-hydrogen) atoms. The summed E-state index contributed by atoms with van der Waals surface area (Å²) in [4.78, 5) is 8.77. The van der Waals surface area contributed by atoms with E-state index in [2.05, 4.69) is 15.3 Å². The minimum Gasteiger partial charge on any atom is -0.383 e. The number of hydrogen-bond donors (Lipinski definition) is 1. The van der Waals surface area contributed by atoms with E-state index in [0.717, 1.165) is 24.4 Å². The Balaban J connectivity index is 2.03. The van der Waals surface area contributed by atoms with Crippen molar-refractivity contribution < 1.29 is 13.2 Å². The summed E-state index contributed by atoms with van der Waals surface area (Å²) in [6.07, 6.45) is 6.13.